The molecule has 1 atom stereocenters. The average Bonchev–Trinajstić information content (AvgIpc) is 1.87. The Morgan fingerprint density at radius 1 is 1.70 bits per heavy atom. The summed E-state index contributed by atoms with van der Waals surface area (Å²) in [5.41, 5.74) is 11.0. The molecule has 4 heteroatoms. The predicted molar refractivity (Wildman–Crippen MR) is 38.4 cm³/mol. The molecule has 0 aromatic rings. The van der Waals surface area contributed by atoms with Crippen molar-refractivity contribution in [3.8, 4) is 0 Å². The van der Waals surface area contributed by atoms with E-state index in [9.17, 15) is 4.79 Å². The Labute approximate surface area is 59.5 Å². The Bertz CT molecular complexity index is 145. The van der Waals surface area contributed by atoms with Crippen LogP contribution in [0.2, 0.25) is 0 Å². The topological polar surface area (TPSA) is 89.3 Å². The molecule has 0 aliphatic carbocycles. The molecule has 58 valence electrons. The Hall–Kier alpha value is -0.870. The Balaban J connectivity index is 3.68. The van der Waals surface area contributed by atoms with Crippen LogP contribution in [-0.4, -0.2) is 23.7 Å². The van der Waals surface area contributed by atoms with Crippen LogP contribution in [0.3, 0.4) is 0 Å². The molecule has 0 aliphatic heterocycles. The molecule has 0 rings (SSSR count). The van der Waals surface area contributed by atoms with Crippen molar-refractivity contribution >= 4 is 5.97 Å². The van der Waals surface area contributed by atoms with Gasteiger partial charge >= 0.3 is 5.97 Å². The fourth-order valence-electron chi connectivity index (χ4n) is 0.482. The van der Waals surface area contributed by atoms with Crippen LogP contribution >= 0.6 is 0 Å². The molecule has 0 aromatic heterocycles. The Morgan fingerprint density at radius 3 is 2.50 bits per heavy atom. The maximum absolute atomic E-state index is 10.1. The van der Waals surface area contributed by atoms with Crippen LogP contribution in [0.5, 0.6) is 0 Å². The lowest BCUT2D eigenvalue weighted by Crippen LogP contribution is -2.31. The first-order chi connectivity index (χ1) is 4.57. The molecule has 0 unspecified atom stereocenters. The zero-order valence-electron chi connectivity index (χ0n) is 5.71. The number of carbonyl (C=O) groups is 1. The molecule has 0 spiro atoms. The summed E-state index contributed by atoms with van der Waals surface area (Å²) in [6.07, 6.45) is 0.256. The van der Waals surface area contributed by atoms with E-state index in [1.54, 1.807) is 0 Å². The first-order valence-electron chi connectivity index (χ1n) is 2.93. The van der Waals surface area contributed by atoms with Gasteiger partial charge in [-0.1, -0.05) is 12.2 Å². The molecule has 5 N–H and O–H groups in total. The molecule has 0 radical (unpaired) electrons. The highest BCUT2D eigenvalue weighted by molar-refractivity contribution is 5.73. The van der Waals surface area contributed by atoms with E-state index in [2.05, 4.69) is 6.58 Å². The molecule has 0 bridgehead atoms. The third-order valence-electron chi connectivity index (χ3n) is 1.11. The largest absolute Gasteiger partial charge is 0.480 e. The van der Waals surface area contributed by atoms with Crippen molar-refractivity contribution in [2.75, 3.05) is 6.54 Å². The van der Waals surface area contributed by atoms with E-state index in [0.717, 1.165) is 0 Å². The molecule has 0 fully saturated rings. The third-order valence-corrected chi connectivity index (χ3v) is 1.11. The molecule has 0 aliphatic rings. The molecule has 4 nitrogen and oxygen atoms in total. The van der Waals surface area contributed by atoms with Gasteiger partial charge in [0.25, 0.3) is 0 Å². The number of hydrogen-bond acceptors (Lipinski definition) is 3. The molecule has 0 saturated carbocycles. The zero-order chi connectivity index (χ0) is 8.15. The smallest absolute Gasteiger partial charge is 0.320 e. The van der Waals surface area contributed by atoms with Gasteiger partial charge in [-0.15, -0.1) is 0 Å². The van der Waals surface area contributed by atoms with Crippen LogP contribution in [0, 0.1) is 0 Å². The van der Waals surface area contributed by atoms with Crippen molar-refractivity contribution in [2.24, 2.45) is 11.5 Å². The summed E-state index contributed by atoms with van der Waals surface area (Å²) in [7, 11) is 0. The first-order valence-corrected chi connectivity index (χ1v) is 2.93. The number of carboxylic acids is 1. The first kappa shape index (κ1) is 9.13. The van der Waals surface area contributed by atoms with Gasteiger partial charge < -0.3 is 16.6 Å². The van der Waals surface area contributed by atoms with Crippen LogP contribution in [-0.2, 0) is 4.79 Å². The van der Waals surface area contributed by atoms with Crippen molar-refractivity contribution in [2.45, 2.75) is 12.5 Å². The van der Waals surface area contributed by atoms with Gasteiger partial charge in [-0.2, -0.15) is 0 Å². The normalized spacial score (nSPS) is 12.6. The number of nitrogens with two attached hydrogens (primary N) is 2. The fourth-order valence-corrected chi connectivity index (χ4v) is 0.482. The summed E-state index contributed by atoms with van der Waals surface area (Å²) in [6, 6.07) is -0.865. The lowest BCUT2D eigenvalue weighted by atomic mass is 10.1. The van der Waals surface area contributed by atoms with Gasteiger partial charge in [0.05, 0.1) is 0 Å². The Morgan fingerprint density at radius 2 is 2.20 bits per heavy atom. The van der Waals surface area contributed by atoms with Crippen LogP contribution < -0.4 is 11.5 Å². The van der Waals surface area contributed by atoms with Crippen molar-refractivity contribution in [3.05, 3.63) is 12.2 Å². The summed E-state index contributed by atoms with van der Waals surface area (Å²) < 4.78 is 0. The second-order valence-corrected chi connectivity index (χ2v) is 2.10. The fraction of sp³-hybridized carbons (Fsp3) is 0.500. The number of hydrogen-bond donors (Lipinski definition) is 3. The lowest BCUT2D eigenvalue weighted by molar-refractivity contribution is -0.138. The third kappa shape index (κ3) is 3.21. The maximum Gasteiger partial charge on any atom is 0.320 e. The zero-order valence-corrected chi connectivity index (χ0v) is 5.71. The summed E-state index contributed by atoms with van der Waals surface area (Å²) in [4.78, 5) is 10.1. The van der Waals surface area contributed by atoms with Gasteiger partial charge in [-0.25, -0.2) is 0 Å². The summed E-state index contributed by atoms with van der Waals surface area (Å²) in [5, 5.41) is 8.32. The standard InChI is InChI=1S/C6H12N2O2/c1-4(3-7)2-5(8)6(9)10/h5H,1-3,7-8H2,(H,9,10)/t5-/m0/s1. The SMILES string of the molecule is C=C(CN)C[C@H](N)C(=O)O. The molecule has 0 aromatic carbocycles. The van der Waals surface area contributed by atoms with Gasteiger partial charge in [0.1, 0.15) is 6.04 Å². The van der Waals surface area contributed by atoms with Gasteiger partial charge in [0.2, 0.25) is 0 Å². The van der Waals surface area contributed by atoms with Crippen LogP contribution in [0.25, 0.3) is 0 Å². The molecule has 0 heterocycles. The van der Waals surface area contributed by atoms with E-state index < -0.39 is 12.0 Å². The van der Waals surface area contributed by atoms with Gasteiger partial charge in [-0.05, 0) is 6.42 Å². The minimum absolute atomic E-state index is 0.256. The monoisotopic (exact) mass is 144 g/mol. The summed E-state index contributed by atoms with van der Waals surface area (Å²) in [6.45, 7) is 3.82. The van der Waals surface area contributed by atoms with E-state index >= 15 is 0 Å². The summed E-state index contributed by atoms with van der Waals surface area (Å²) in [5.74, 6) is -1.02. The van der Waals surface area contributed by atoms with E-state index in [0.29, 0.717) is 12.1 Å². The highest BCUT2D eigenvalue weighted by Gasteiger charge is 2.11. The maximum atomic E-state index is 10.1. The molecular weight excluding hydrogens is 132 g/mol. The predicted octanol–water partition coefficient (Wildman–Crippen LogP) is -0.697. The van der Waals surface area contributed by atoms with Crippen molar-refractivity contribution in [1.82, 2.24) is 0 Å². The number of aliphatic carboxylic acids is 1. The number of rotatable bonds is 4. The van der Waals surface area contributed by atoms with Crippen LogP contribution in [0.4, 0.5) is 0 Å². The molecule has 0 amide bonds. The van der Waals surface area contributed by atoms with Gasteiger partial charge in [0.15, 0.2) is 0 Å². The van der Waals surface area contributed by atoms with Crippen molar-refractivity contribution < 1.29 is 9.90 Å². The van der Waals surface area contributed by atoms with E-state index in [1.165, 1.54) is 0 Å². The molecule has 0 saturated heterocycles. The molecule has 10 heavy (non-hydrogen) atoms. The lowest BCUT2D eigenvalue weighted by Gasteiger charge is -2.05. The molecular formula is C6H12N2O2. The Kier molecular flexibility index (Phi) is 3.68. The van der Waals surface area contributed by atoms with Crippen molar-refractivity contribution in [3.63, 3.8) is 0 Å². The van der Waals surface area contributed by atoms with Crippen LogP contribution in [0.1, 0.15) is 6.42 Å². The summed E-state index contributed by atoms with van der Waals surface area (Å²) >= 11 is 0. The minimum Gasteiger partial charge on any atom is -0.480 e. The van der Waals surface area contributed by atoms with Gasteiger partial charge in [-0.3, -0.25) is 4.79 Å². The average molecular weight is 144 g/mol. The van der Waals surface area contributed by atoms with Crippen molar-refractivity contribution in [1.29, 1.82) is 0 Å². The van der Waals surface area contributed by atoms with E-state index in [4.69, 9.17) is 16.6 Å². The second-order valence-electron chi connectivity index (χ2n) is 2.10. The van der Waals surface area contributed by atoms with Gasteiger partial charge in [0, 0.05) is 6.54 Å². The highest BCUT2D eigenvalue weighted by atomic mass is 16.4. The highest BCUT2D eigenvalue weighted by Crippen LogP contribution is 1.98. The van der Waals surface area contributed by atoms with E-state index in [-0.39, 0.29) is 6.42 Å². The van der Waals surface area contributed by atoms with E-state index in [1.807, 2.05) is 0 Å². The van der Waals surface area contributed by atoms with Crippen LogP contribution in [0.15, 0.2) is 12.2 Å². The minimum atomic E-state index is -1.02. The second kappa shape index (κ2) is 4.03. The number of carboxylic acid groups (broad SMARTS) is 1. The quantitative estimate of drug-likeness (QED) is 0.455.